The molecule has 0 saturated heterocycles. The molecule has 222 valence electrons. The number of nitrogens with one attached hydrogen (secondary N) is 1. The first kappa shape index (κ1) is 30.7. The predicted molar refractivity (Wildman–Crippen MR) is 146 cm³/mol. The molecule has 3 aromatic carbocycles. The Morgan fingerprint density at radius 1 is 0.857 bits per heavy atom. The minimum absolute atomic E-state index is 0.0483. The van der Waals surface area contributed by atoms with Crippen molar-refractivity contribution in [3.63, 3.8) is 0 Å². The molecule has 0 aliphatic carbocycles. The smallest absolute Gasteiger partial charge is 0.416 e. The fourth-order valence-corrected chi connectivity index (χ4v) is 4.96. The summed E-state index contributed by atoms with van der Waals surface area (Å²) in [6.07, 6.45) is -8.34. The Kier molecular flexibility index (Phi) is 9.28. The highest BCUT2D eigenvalue weighted by Gasteiger charge is 2.38. The molecule has 4 rings (SSSR count). The molecule has 0 spiro atoms. The number of esters is 1. The minimum Gasteiger partial charge on any atom is -0.466 e. The first-order chi connectivity index (χ1) is 19.9. The van der Waals surface area contributed by atoms with Crippen molar-refractivity contribution in [3.05, 3.63) is 118 Å². The van der Waals surface area contributed by atoms with Gasteiger partial charge in [-0.15, -0.1) is 0 Å². The predicted octanol–water partition coefficient (Wildman–Crippen LogP) is 7.13. The Bertz CT molecular complexity index is 1470. The Hall–Kier alpha value is -4.28. The average molecular weight is 590 g/mol. The molecule has 0 fully saturated rings. The van der Waals surface area contributed by atoms with Crippen LogP contribution >= 0.6 is 0 Å². The van der Waals surface area contributed by atoms with Crippen LogP contribution in [0.4, 0.5) is 26.3 Å². The zero-order valence-corrected chi connectivity index (χ0v) is 22.9. The monoisotopic (exact) mass is 589 g/mol. The van der Waals surface area contributed by atoms with Crippen molar-refractivity contribution in [3.8, 4) is 0 Å². The molecule has 1 aliphatic rings. The number of methoxy groups -OCH3 is 1. The van der Waals surface area contributed by atoms with Gasteiger partial charge in [-0.2, -0.15) is 26.3 Å². The number of aliphatic imine (C=N–C) groups is 1. The van der Waals surface area contributed by atoms with Gasteiger partial charge in [0.25, 0.3) is 0 Å². The normalized spacial score (nSPS) is 16.9. The largest absolute Gasteiger partial charge is 0.466 e. The number of nitrogens with zero attached hydrogens (tertiary/aromatic N) is 2. The van der Waals surface area contributed by atoms with Crippen molar-refractivity contribution >= 4 is 11.9 Å². The molecule has 0 saturated carbocycles. The van der Waals surface area contributed by atoms with Crippen LogP contribution < -0.4 is 5.32 Å². The zero-order valence-electron chi connectivity index (χ0n) is 22.9. The summed E-state index contributed by atoms with van der Waals surface area (Å²) in [6.45, 7) is 0.819. The average Bonchev–Trinajstić information content (AvgIpc) is 2.96. The van der Waals surface area contributed by atoms with Gasteiger partial charge in [0, 0.05) is 5.70 Å². The summed E-state index contributed by atoms with van der Waals surface area (Å²) in [5, 5.41) is 3.13. The molecule has 1 atom stereocenters. The first-order valence-electron chi connectivity index (χ1n) is 13.1. The van der Waals surface area contributed by atoms with Gasteiger partial charge in [0.2, 0.25) is 0 Å². The van der Waals surface area contributed by atoms with Gasteiger partial charge in [-0.1, -0.05) is 66.7 Å². The number of halogens is 6. The van der Waals surface area contributed by atoms with Crippen molar-refractivity contribution in [1.29, 1.82) is 0 Å². The van der Waals surface area contributed by atoms with Crippen molar-refractivity contribution in [2.75, 3.05) is 7.11 Å². The van der Waals surface area contributed by atoms with Gasteiger partial charge >= 0.3 is 18.3 Å². The van der Waals surface area contributed by atoms with Crippen LogP contribution in [-0.4, -0.2) is 30.0 Å². The van der Waals surface area contributed by atoms with E-state index in [2.05, 4.69) is 10.3 Å². The molecule has 1 heterocycles. The summed E-state index contributed by atoms with van der Waals surface area (Å²) in [4.78, 5) is 18.8. The molecule has 42 heavy (non-hydrogen) atoms. The van der Waals surface area contributed by atoms with Crippen molar-refractivity contribution in [2.24, 2.45) is 4.99 Å². The number of carbonyl (C=O) groups excluding carboxylic acids is 1. The molecule has 5 nitrogen and oxygen atoms in total. The second-order valence-corrected chi connectivity index (χ2v) is 9.75. The second-order valence-electron chi connectivity index (χ2n) is 9.75. The van der Waals surface area contributed by atoms with E-state index in [-0.39, 0.29) is 29.2 Å². The zero-order chi connectivity index (χ0) is 30.5. The first-order valence-corrected chi connectivity index (χ1v) is 13.1. The van der Waals surface area contributed by atoms with Crippen LogP contribution in [0, 0.1) is 0 Å². The van der Waals surface area contributed by atoms with E-state index in [0.717, 1.165) is 17.7 Å². The molecule has 1 unspecified atom stereocenters. The third kappa shape index (κ3) is 7.13. The van der Waals surface area contributed by atoms with E-state index in [1.165, 1.54) is 48.4 Å². The van der Waals surface area contributed by atoms with E-state index in [9.17, 15) is 31.1 Å². The van der Waals surface area contributed by atoms with E-state index in [1.807, 2.05) is 30.3 Å². The summed E-state index contributed by atoms with van der Waals surface area (Å²) >= 11 is 0. The van der Waals surface area contributed by atoms with Crippen molar-refractivity contribution in [2.45, 2.75) is 51.2 Å². The van der Waals surface area contributed by atoms with E-state index in [0.29, 0.717) is 18.5 Å². The van der Waals surface area contributed by atoms with Gasteiger partial charge < -0.3 is 15.0 Å². The maximum atomic E-state index is 13.8. The van der Waals surface area contributed by atoms with Crippen LogP contribution in [-0.2, 0) is 41.4 Å². The van der Waals surface area contributed by atoms with Crippen LogP contribution in [0.3, 0.4) is 0 Å². The van der Waals surface area contributed by atoms with Gasteiger partial charge in [0.1, 0.15) is 0 Å². The van der Waals surface area contributed by atoms with Gasteiger partial charge in [-0.05, 0) is 48.6 Å². The summed E-state index contributed by atoms with van der Waals surface area (Å²) in [7, 11) is 1.21. The van der Waals surface area contributed by atoms with Crippen LogP contribution in [0.2, 0.25) is 0 Å². The van der Waals surface area contributed by atoms with Crippen LogP contribution in [0.1, 0.15) is 41.2 Å². The van der Waals surface area contributed by atoms with Crippen LogP contribution in [0.25, 0.3) is 0 Å². The number of allylic oxidation sites excluding steroid dienone is 1. The van der Waals surface area contributed by atoms with E-state index < -0.39 is 42.0 Å². The van der Waals surface area contributed by atoms with E-state index >= 15 is 0 Å². The Labute approximate surface area is 239 Å². The fraction of sp³-hybridized carbons (Fsp3) is 0.290. The number of carbonyl (C=O) groups is 1. The second kappa shape index (κ2) is 12.7. The molecule has 1 N–H and O–H groups in total. The topological polar surface area (TPSA) is 53.9 Å². The van der Waals surface area contributed by atoms with Crippen LogP contribution in [0.15, 0.2) is 95.1 Å². The molecule has 0 aromatic heterocycles. The molecule has 0 bridgehead atoms. The number of guanidine groups is 1. The number of hydrogen-bond donors (Lipinski definition) is 1. The minimum atomic E-state index is -4.65. The molecule has 11 heteroatoms. The highest BCUT2D eigenvalue weighted by Crippen LogP contribution is 2.35. The van der Waals surface area contributed by atoms with Gasteiger partial charge in [-0.25, -0.2) is 9.79 Å². The number of rotatable bonds is 8. The van der Waals surface area contributed by atoms with E-state index in [1.54, 1.807) is 6.92 Å². The maximum Gasteiger partial charge on any atom is 0.416 e. The number of ether oxygens (including phenoxy) is 1. The number of aryl methyl sites for hydroxylation is 1. The lowest BCUT2D eigenvalue weighted by Crippen LogP contribution is -2.52. The number of hydrogen-bond acceptors (Lipinski definition) is 3. The van der Waals surface area contributed by atoms with Crippen LogP contribution in [0.5, 0.6) is 0 Å². The third-order valence-corrected chi connectivity index (χ3v) is 7.05. The molecule has 0 radical (unpaired) electrons. The van der Waals surface area contributed by atoms with Gasteiger partial charge in [0.05, 0.1) is 42.9 Å². The summed E-state index contributed by atoms with van der Waals surface area (Å²) < 4.78 is 87.6. The Morgan fingerprint density at radius 3 is 2.00 bits per heavy atom. The highest BCUT2D eigenvalue weighted by atomic mass is 19.4. The Balaban J connectivity index is 1.79. The lowest BCUT2D eigenvalue weighted by atomic mass is 9.95. The maximum absolute atomic E-state index is 13.8. The van der Waals surface area contributed by atoms with Gasteiger partial charge in [0.15, 0.2) is 5.96 Å². The fourth-order valence-electron chi connectivity index (χ4n) is 4.96. The standard InChI is InChI=1S/C31H29F6N3O2/c1-20-27(28(41)42-2)26(17-16-21-10-4-3-5-11-21)39-29(38-18-22-12-6-8-14-24(22)30(32,33)34)40(20)19-23-13-7-9-15-25(23)31(35,36)37/h3-15,26H,16-19H2,1-2H3,(H,38,39). The summed E-state index contributed by atoms with van der Waals surface area (Å²) in [5.74, 6) is -0.624. The number of benzene rings is 3. The molecule has 1 aliphatic heterocycles. The lowest BCUT2D eigenvalue weighted by Gasteiger charge is -2.38. The van der Waals surface area contributed by atoms with Gasteiger partial charge in [-0.3, -0.25) is 0 Å². The SMILES string of the molecule is COC(=O)C1=C(C)N(Cc2ccccc2C(F)(F)F)C(=NCc2ccccc2C(F)(F)F)NC1CCc1ccccc1. The quantitative estimate of drug-likeness (QED) is 0.224. The van der Waals surface area contributed by atoms with E-state index in [4.69, 9.17) is 4.74 Å². The van der Waals surface area contributed by atoms with Crippen molar-refractivity contribution < 1.29 is 35.9 Å². The summed E-state index contributed by atoms with van der Waals surface area (Å²) in [5.41, 5.74) is -0.448. The van der Waals surface area contributed by atoms with Crippen molar-refractivity contribution in [1.82, 2.24) is 10.2 Å². The number of alkyl halides is 6. The molecular formula is C31H29F6N3O2. The molecule has 3 aromatic rings. The summed E-state index contributed by atoms with van der Waals surface area (Å²) in [6, 6.07) is 18.8. The Morgan fingerprint density at radius 2 is 1.40 bits per heavy atom. The molecule has 0 amide bonds. The lowest BCUT2D eigenvalue weighted by molar-refractivity contribution is -0.139. The third-order valence-electron chi connectivity index (χ3n) is 7.05. The molecular weight excluding hydrogens is 560 g/mol. The highest BCUT2D eigenvalue weighted by molar-refractivity contribution is 5.95.